The van der Waals surface area contributed by atoms with Crippen LogP contribution in [-0.2, 0) is 0 Å². The molecule has 5 heteroatoms. The molecule has 0 bridgehead atoms. The van der Waals surface area contributed by atoms with Crippen molar-refractivity contribution in [2.75, 3.05) is 0 Å². The molecule has 5 nitrogen and oxygen atoms in total. The minimum Gasteiger partial charge on any atom is -0.488 e. The highest BCUT2D eigenvalue weighted by Crippen LogP contribution is 2.38. The lowest BCUT2D eigenvalue weighted by atomic mass is 9.93. The Labute approximate surface area is 93.5 Å². The lowest BCUT2D eigenvalue weighted by molar-refractivity contribution is 0.176. The molecule has 86 valence electrons. The highest BCUT2D eigenvalue weighted by Gasteiger charge is 2.36. The highest BCUT2D eigenvalue weighted by atomic mass is 16.5. The van der Waals surface area contributed by atoms with E-state index in [4.69, 9.17) is 9.84 Å². The average molecular weight is 222 g/mol. The summed E-state index contributed by atoms with van der Waals surface area (Å²) >= 11 is 0. The molecule has 0 aliphatic carbocycles. The lowest BCUT2D eigenvalue weighted by Crippen LogP contribution is -2.39. The minimum atomic E-state index is -1.02. The molecular weight excluding hydrogens is 208 g/mol. The third-order valence-electron chi connectivity index (χ3n) is 2.82. The van der Waals surface area contributed by atoms with Crippen LogP contribution in [0.15, 0.2) is 18.3 Å². The van der Waals surface area contributed by atoms with Crippen LogP contribution in [0.25, 0.3) is 0 Å². The highest BCUT2D eigenvalue weighted by molar-refractivity contribution is 5.65. The van der Waals surface area contributed by atoms with E-state index in [0.29, 0.717) is 0 Å². The first-order valence-electron chi connectivity index (χ1n) is 5.20. The van der Waals surface area contributed by atoms with Crippen molar-refractivity contribution in [2.45, 2.75) is 31.9 Å². The Kier molecular flexibility index (Phi) is 2.68. The van der Waals surface area contributed by atoms with Gasteiger partial charge < -0.3 is 15.2 Å². The minimum absolute atomic E-state index is 0.0349. The van der Waals surface area contributed by atoms with Crippen LogP contribution < -0.4 is 10.1 Å². The summed E-state index contributed by atoms with van der Waals surface area (Å²) in [6.07, 6.45) is 0.608. The van der Waals surface area contributed by atoms with E-state index in [1.54, 1.807) is 6.20 Å². The molecular formula is C11H14N2O3. The second kappa shape index (κ2) is 4.00. The number of nitrogens with one attached hydrogen (secondary N) is 1. The predicted octanol–water partition coefficient (Wildman–Crippen LogP) is 1.60. The Morgan fingerprint density at radius 2 is 2.44 bits per heavy atom. The number of pyridine rings is 1. The van der Waals surface area contributed by atoms with Crippen molar-refractivity contribution in [3.63, 3.8) is 0 Å². The third-order valence-corrected chi connectivity index (χ3v) is 2.82. The second-order valence-electron chi connectivity index (χ2n) is 3.97. The molecule has 1 aliphatic heterocycles. The number of ether oxygens (including phenoxy) is 1. The summed E-state index contributed by atoms with van der Waals surface area (Å²) in [7, 11) is 0. The van der Waals surface area contributed by atoms with Gasteiger partial charge in [-0.3, -0.25) is 4.98 Å². The van der Waals surface area contributed by atoms with Crippen LogP contribution >= 0.6 is 0 Å². The SMILES string of the molecule is CC(NC(=O)O)[C@H]1c2ncccc2O[C@@H]1C. The van der Waals surface area contributed by atoms with Gasteiger partial charge in [0.05, 0.1) is 11.6 Å². The van der Waals surface area contributed by atoms with Crippen LogP contribution in [-0.4, -0.2) is 28.3 Å². The maximum atomic E-state index is 10.6. The van der Waals surface area contributed by atoms with Crippen molar-refractivity contribution in [2.24, 2.45) is 0 Å². The van der Waals surface area contributed by atoms with Gasteiger partial charge in [0.25, 0.3) is 0 Å². The van der Waals surface area contributed by atoms with E-state index >= 15 is 0 Å². The number of amides is 1. The van der Waals surface area contributed by atoms with E-state index in [1.807, 2.05) is 26.0 Å². The van der Waals surface area contributed by atoms with Crippen LogP contribution in [0, 0.1) is 0 Å². The molecule has 1 aromatic heterocycles. The van der Waals surface area contributed by atoms with E-state index in [0.717, 1.165) is 11.4 Å². The van der Waals surface area contributed by atoms with Gasteiger partial charge in [0, 0.05) is 12.2 Å². The summed E-state index contributed by atoms with van der Waals surface area (Å²) < 4.78 is 5.63. The van der Waals surface area contributed by atoms with Gasteiger partial charge in [0.1, 0.15) is 11.9 Å². The van der Waals surface area contributed by atoms with Gasteiger partial charge in [-0.2, -0.15) is 0 Å². The van der Waals surface area contributed by atoms with Crippen molar-refractivity contribution in [1.29, 1.82) is 0 Å². The van der Waals surface area contributed by atoms with Crippen LogP contribution in [0.2, 0.25) is 0 Å². The Balaban J connectivity index is 2.24. The van der Waals surface area contributed by atoms with Gasteiger partial charge >= 0.3 is 6.09 Å². The fraction of sp³-hybridized carbons (Fsp3) is 0.455. The number of carbonyl (C=O) groups is 1. The molecule has 0 spiro atoms. The summed E-state index contributed by atoms with van der Waals surface area (Å²) in [5, 5.41) is 11.2. The second-order valence-corrected chi connectivity index (χ2v) is 3.97. The maximum Gasteiger partial charge on any atom is 0.404 e. The fourth-order valence-corrected chi connectivity index (χ4v) is 2.18. The van der Waals surface area contributed by atoms with Crippen molar-refractivity contribution >= 4 is 6.09 Å². The molecule has 1 amide bonds. The van der Waals surface area contributed by atoms with Gasteiger partial charge in [-0.1, -0.05) is 0 Å². The summed E-state index contributed by atoms with van der Waals surface area (Å²) in [5.74, 6) is 0.714. The van der Waals surface area contributed by atoms with Crippen molar-refractivity contribution in [3.05, 3.63) is 24.0 Å². The molecule has 2 heterocycles. The molecule has 0 fully saturated rings. The van der Waals surface area contributed by atoms with Crippen LogP contribution in [0.5, 0.6) is 5.75 Å². The molecule has 0 aromatic carbocycles. The van der Waals surface area contributed by atoms with Gasteiger partial charge in [0.15, 0.2) is 0 Å². The molecule has 1 aromatic rings. The number of hydrogen-bond acceptors (Lipinski definition) is 3. The molecule has 2 rings (SSSR count). The Morgan fingerprint density at radius 3 is 3.12 bits per heavy atom. The van der Waals surface area contributed by atoms with Crippen molar-refractivity contribution in [3.8, 4) is 5.75 Å². The molecule has 3 atom stereocenters. The van der Waals surface area contributed by atoms with Crippen LogP contribution in [0.3, 0.4) is 0 Å². The number of nitrogens with zero attached hydrogens (tertiary/aromatic N) is 1. The van der Waals surface area contributed by atoms with Crippen molar-refractivity contribution in [1.82, 2.24) is 10.3 Å². The van der Waals surface area contributed by atoms with Gasteiger partial charge in [0.2, 0.25) is 0 Å². The summed E-state index contributed by atoms with van der Waals surface area (Å²) in [6, 6.07) is 3.44. The first kappa shape index (κ1) is 10.7. The first-order valence-corrected chi connectivity index (χ1v) is 5.20. The van der Waals surface area contributed by atoms with Crippen LogP contribution in [0.1, 0.15) is 25.5 Å². The number of carboxylic acid groups (broad SMARTS) is 1. The van der Waals surface area contributed by atoms with E-state index in [2.05, 4.69) is 10.3 Å². The lowest BCUT2D eigenvalue weighted by Gasteiger charge is -2.21. The third kappa shape index (κ3) is 1.80. The van der Waals surface area contributed by atoms with E-state index in [1.165, 1.54) is 0 Å². The molecule has 1 unspecified atom stereocenters. The average Bonchev–Trinajstić information content (AvgIpc) is 2.52. The van der Waals surface area contributed by atoms with E-state index in [9.17, 15) is 4.79 Å². The zero-order valence-corrected chi connectivity index (χ0v) is 9.18. The molecule has 0 saturated carbocycles. The number of aromatic nitrogens is 1. The first-order chi connectivity index (χ1) is 7.59. The maximum absolute atomic E-state index is 10.6. The fourth-order valence-electron chi connectivity index (χ4n) is 2.18. The standard InChI is InChI=1S/C11H14N2O3/c1-6(13-11(14)15)9-7(2)16-8-4-3-5-12-10(8)9/h3-7,9,13H,1-2H3,(H,14,15)/t6?,7-,9-/m1/s1. The van der Waals surface area contributed by atoms with Gasteiger partial charge in [-0.15, -0.1) is 0 Å². The van der Waals surface area contributed by atoms with E-state index in [-0.39, 0.29) is 18.1 Å². The zero-order valence-electron chi connectivity index (χ0n) is 9.18. The predicted molar refractivity (Wildman–Crippen MR) is 57.7 cm³/mol. The monoisotopic (exact) mass is 222 g/mol. The largest absolute Gasteiger partial charge is 0.488 e. The molecule has 1 aliphatic rings. The van der Waals surface area contributed by atoms with Gasteiger partial charge in [-0.05, 0) is 26.0 Å². The Bertz CT molecular complexity index is 408. The van der Waals surface area contributed by atoms with E-state index < -0.39 is 6.09 Å². The summed E-state index contributed by atoms with van der Waals surface area (Å²) in [4.78, 5) is 14.9. The smallest absolute Gasteiger partial charge is 0.404 e. The topological polar surface area (TPSA) is 71.5 Å². The summed E-state index contributed by atoms with van der Waals surface area (Å²) in [5.41, 5.74) is 0.830. The van der Waals surface area contributed by atoms with Crippen molar-refractivity contribution < 1.29 is 14.6 Å². The number of fused-ring (bicyclic) bond motifs is 1. The van der Waals surface area contributed by atoms with Gasteiger partial charge in [-0.25, -0.2) is 4.79 Å². The zero-order chi connectivity index (χ0) is 11.7. The Morgan fingerprint density at radius 1 is 1.69 bits per heavy atom. The molecule has 16 heavy (non-hydrogen) atoms. The number of rotatable bonds is 2. The molecule has 2 N–H and O–H groups in total. The molecule has 0 saturated heterocycles. The normalized spacial score (nSPS) is 24.4. The van der Waals surface area contributed by atoms with Crippen LogP contribution in [0.4, 0.5) is 4.79 Å². The Hall–Kier alpha value is -1.78. The summed E-state index contributed by atoms with van der Waals surface area (Å²) in [6.45, 7) is 3.74. The molecule has 0 radical (unpaired) electrons. The quantitative estimate of drug-likeness (QED) is 0.797. The number of hydrogen-bond donors (Lipinski definition) is 2.